The highest BCUT2D eigenvalue weighted by Gasteiger charge is 2.45. The first-order valence-electron chi connectivity index (χ1n) is 25.5. The number of fused-ring (bicyclic) bond motifs is 8. The summed E-state index contributed by atoms with van der Waals surface area (Å²) in [5, 5.41) is 2.34. The highest BCUT2D eigenvalue weighted by molar-refractivity contribution is 7.00. The Morgan fingerprint density at radius 1 is 0.530 bits per heavy atom. The first-order valence-corrected chi connectivity index (χ1v) is 25.5. The minimum absolute atomic E-state index is 0.0197. The van der Waals surface area contributed by atoms with Gasteiger partial charge in [-0.1, -0.05) is 153 Å². The van der Waals surface area contributed by atoms with Gasteiger partial charge in [-0.2, -0.15) is 0 Å². The second kappa shape index (κ2) is 18.7. The molecule has 3 nitrogen and oxygen atoms in total. The molecule has 0 amide bonds. The van der Waals surface area contributed by atoms with Crippen molar-refractivity contribution in [2.45, 2.75) is 131 Å². The average Bonchev–Trinajstić information content (AvgIpc) is 3.73. The van der Waals surface area contributed by atoms with Crippen LogP contribution >= 0.6 is 0 Å². The van der Waals surface area contributed by atoms with Crippen molar-refractivity contribution in [3.05, 3.63) is 161 Å². The van der Waals surface area contributed by atoms with Crippen LogP contribution in [0.25, 0.3) is 33.1 Å². The summed E-state index contributed by atoms with van der Waals surface area (Å²) in [5.74, 6) is 0.979. The van der Waals surface area contributed by atoms with E-state index in [2.05, 4.69) is 192 Å². The molecule has 1 aromatic heterocycles. The van der Waals surface area contributed by atoms with Crippen LogP contribution < -0.4 is 26.2 Å². The van der Waals surface area contributed by atoms with Crippen LogP contribution in [0.1, 0.15) is 139 Å². The quantitative estimate of drug-likeness (QED) is 0.0713. The van der Waals surface area contributed by atoms with Crippen LogP contribution in [0.3, 0.4) is 0 Å². The normalized spacial score (nSPS) is 13.8. The molecule has 0 fully saturated rings. The number of aryl methyl sites for hydroxylation is 3. The summed E-state index contributed by atoms with van der Waals surface area (Å²) >= 11 is 0. The van der Waals surface area contributed by atoms with Crippen LogP contribution in [0.4, 0.5) is 34.1 Å². The number of hydrogen-bond donors (Lipinski definition) is 0. The monoisotopic (exact) mass is 867 g/mol. The molecular formula is C62H67BN2O. The molecule has 8 aromatic rings. The van der Waals surface area contributed by atoms with Crippen molar-refractivity contribution >= 4 is 79.2 Å². The summed E-state index contributed by atoms with van der Waals surface area (Å²) in [4.78, 5) is 5.24. The molecule has 0 saturated carbocycles. The Hall–Kier alpha value is -6.00. The zero-order valence-electron chi connectivity index (χ0n) is 40.5. The van der Waals surface area contributed by atoms with Crippen molar-refractivity contribution < 1.29 is 4.42 Å². The standard InChI is InChI=1S/C62H67BN2O/c1-8-12-14-20-45-25-34-55-53(39-45)63-52-33-36-59-60(50-21-15-16-22-58(50)66-59)62(52)64(49-31-28-46(29-32-49)42(6)17-10-3)56-37-41(5)38-57(61(56)63)65(55)54-35-30-48(43(7)18-11-4)40-51(54)47-26-23-44(24-27-47)19-13-9-2/h15-16,21-40,42-43H,8-14,17-20H2,1-7H3. The van der Waals surface area contributed by atoms with E-state index in [4.69, 9.17) is 4.42 Å². The van der Waals surface area contributed by atoms with Crippen molar-refractivity contribution in [1.29, 1.82) is 0 Å². The molecule has 0 radical (unpaired) electrons. The third-order valence-corrected chi connectivity index (χ3v) is 14.9. The van der Waals surface area contributed by atoms with Crippen molar-refractivity contribution in [3.8, 4) is 11.1 Å². The second-order valence-electron chi connectivity index (χ2n) is 19.7. The number of rotatable bonds is 16. The molecule has 0 aliphatic carbocycles. The van der Waals surface area contributed by atoms with Crippen LogP contribution in [0.5, 0.6) is 0 Å². The number of para-hydroxylation sites is 1. The van der Waals surface area contributed by atoms with E-state index in [1.165, 1.54) is 153 Å². The van der Waals surface area contributed by atoms with E-state index in [9.17, 15) is 0 Å². The predicted octanol–water partition coefficient (Wildman–Crippen LogP) is 16.5. The third-order valence-electron chi connectivity index (χ3n) is 14.9. The fourth-order valence-electron chi connectivity index (χ4n) is 11.4. The van der Waals surface area contributed by atoms with Crippen LogP contribution in [0.2, 0.25) is 0 Å². The maximum Gasteiger partial charge on any atom is 0.252 e. The number of furan rings is 1. The van der Waals surface area contributed by atoms with Crippen LogP contribution in [0.15, 0.2) is 138 Å². The number of anilines is 6. The van der Waals surface area contributed by atoms with Gasteiger partial charge in [0.05, 0.1) is 16.8 Å². The lowest BCUT2D eigenvalue weighted by atomic mass is 9.33. The van der Waals surface area contributed by atoms with Crippen LogP contribution in [0, 0.1) is 6.92 Å². The summed E-state index contributed by atoms with van der Waals surface area (Å²) in [7, 11) is 0. The Balaban J connectivity index is 1.26. The molecule has 4 heteroatoms. The van der Waals surface area contributed by atoms with Gasteiger partial charge in [0.2, 0.25) is 0 Å². The summed E-state index contributed by atoms with van der Waals surface area (Å²) in [5.41, 5.74) is 22.8. The van der Waals surface area contributed by atoms with E-state index < -0.39 is 0 Å². The van der Waals surface area contributed by atoms with Crippen molar-refractivity contribution in [3.63, 3.8) is 0 Å². The molecule has 334 valence electrons. The zero-order valence-corrected chi connectivity index (χ0v) is 40.5. The molecule has 0 bridgehead atoms. The van der Waals surface area contributed by atoms with Crippen LogP contribution in [-0.4, -0.2) is 6.71 Å². The number of hydrogen-bond acceptors (Lipinski definition) is 3. The predicted molar refractivity (Wildman–Crippen MR) is 286 cm³/mol. The van der Waals surface area contributed by atoms with Gasteiger partial charge >= 0.3 is 0 Å². The number of unbranched alkanes of at least 4 members (excludes halogenated alkanes) is 3. The lowest BCUT2D eigenvalue weighted by Crippen LogP contribution is -2.61. The maximum absolute atomic E-state index is 6.71. The van der Waals surface area contributed by atoms with E-state index >= 15 is 0 Å². The molecule has 0 saturated heterocycles. The molecule has 0 spiro atoms. The number of benzene rings is 7. The summed E-state index contributed by atoms with van der Waals surface area (Å²) < 4.78 is 6.71. The van der Waals surface area contributed by atoms with Crippen molar-refractivity contribution in [2.75, 3.05) is 9.80 Å². The second-order valence-corrected chi connectivity index (χ2v) is 19.7. The molecular weight excluding hydrogens is 800 g/mol. The first-order chi connectivity index (χ1) is 32.3. The maximum atomic E-state index is 6.71. The molecule has 2 aliphatic rings. The first kappa shape index (κ1) is 43.9. The van der Waals surface area contributed by atoms with Gasteiger partial charge in [-0.3, -0.25) is 0 Å². The Bertz CT molecular complexity index is 3010. The Labute approximate surface area is 395 Å². The average molecular weight is 867 g/mol. The Morgan fingerprint density at radius 3 is 1.94 bits per heavy atom. The molecule has 2 unspecified atom stereocenters. The van der Waals surface area contributed by atoms with Gasteiger partial charge in [-0.15, -0.1) is 0 Å². The van der Waals surface area contributed by atoms with Crippen molar-refractivity contribution in [1.82, 2.24) is 0 Å². The SMILES string of the molecule is CCCCCc1ccc2c(c1)B1c3ccc4oc5ccccc5c4c3N(c3ccc(C(C)CCC)cc3)c3cc(C)cc(c31)N2c1ccc(C(C)CCC)cc1-c1ccc(CCCC)cc1. The molecule has 66 heavy (non-hydrogen) atoms. The van der Waals surface area contributed by atoms with Gasteiger partial charge in [-0.25, -0.2) is 0 Å². The Kier molecular flexibility index (Phi) is 12.4. The lowest BCUT2D eigenvalue weighted by molar-refractivity contribution is 0.665. The Morgan fingerprint density at radius 2 is 1.20 bits per heavy atom. The van der Waals surface area contributed by atoms with Gasteiger partial charge in [0.25, 0.3) is 6.71 Å². The van der Waals surface area contributed by atoms with Gasteiger partial charge < -0.3 is 14.2 Å². The minimum Gasteiger partial charge on any atom is -0.456 e. The lowest BCUT2D eigenvalue weighted by Gasteiger charge is -2.45. The van der Waals surface area contributed by atoms with Crippen LogP contribution in [-0.2, 0) is 12.8 Å². The highest BCUT2D eigenvalue weighted by Crippen LogP contribution is 2.50. The van der Waals surface area contributed by atoms with Crippen molar-refractivity contribution in [2.24, 2.45) is 0 Å². The summed E-state index contributed by atoms with van der Waals surface area (Å²) in [6, 6.07) is 52.1. The van der Waals surface area contributed by atoms with E-state index in [0.717, 1.165) is 29.4 Å². The molecule has 2 atom stereocenters. The van der Waals surface area contributed by atoms with Gasteiger partial charge in [0.15, 0.2) is 0 Å². The fraction of sp³-hybridized carbons (Fsp3) is 0.323. The van der Waals surface area contributed by atoms with Gasteiger partial charge in [0, 0.05) is 33.7 Å². The van der Waals surface area contributed by atoms with E-state index in [-0.39, 0.29) is 6.71 Å². The summed E-state index contributed by atoms with van der Waals surface area (Å²) in [6.07, 6.45) is 12.9. The molecule has 3 heterocycles. The van der Waals surface area contributed by atoms with E-state index in [1.54, 1.807) is 0 Å². The van der Waals surface area contributed by atoms with E-state index in [1.807, 2.05) is 0 Å². The molecule has 0 N–H and O–H groups in total. The van der Waals surface area contributed by atoms with Gasteiger partial charge in [0.1, 0.15) is 11.2 Å². The molecule has 7 aromatic carbocycles. The van der Waals surface area contributed by atoms with Gasteiger partial charge in [-0.05, 0) is 162 Å². The largest absolute Gasteiger partial charge is 0.456 e. The smallest absolute Gasteiger partial charge is 0.252 e. The molecule has 2 aliphatic heterocycles. The topological polar surface area (TPSA) is 19.6 Å². The van der Waals surface area contributed by atoms with E-state index in [0.29, 0.717) is 11.8 Å². The highest BCUT2D eigenvalue weighted by atomic mass is 16.3. The summed E-state index contributed by atoms with van der Waals surface area (Å²) in [6.45, 7) is 16.3. The zero-order chi connectivity index (χ0) is 45.5. The minimum atomic E-state index is 0.0197. The number of nitrogens with zero attached hydrogens (tertiary/aromatic N) is 2. The molecule has 10 rings (SSSR count). The third kappa shape index (κ3) is 7.85. The fourth-order valence-corrected chi connectivity index (χ4v) is 11.4.